The van der Waals surface area contributed by atoms with Gasteiger partial charge in [-0.25, -0.2) is 0 Å². The van der Waals surface area contributed by atoms with E-state index >= 15 is 0 Å². The normalized spacial score (nSPS) is 13.0. The number of aliphatic hydroxyl groups excluding tert-OH is 1. The number of hydrogen-bond donors (Lipinski definition) is 2. The second-order valence-corrected chi connectivity index (χ2v) is 3.32. The van der Waals surface area contributed by atoms with Crippen molar-refractivity contribution in [3.8, 4) is 0 Å². The number of thiophene rings is 1. The maximum Gasteiger partial charge on any atom is 0.0900 e. The van der Waals surface area contributed by atoms with Crippen LogP contribution in [-0.4, -0.2) is 12.2 Å². The Morgan fingerprint density at radius 3 is 3.00 bits per heavy atom. The molecule has 11 heavy (non-hydrogen) atoms. The van der Waals surface area contributed by atoms with Crippen LogP contribution in [0.25, 0.3) is 0 Å². The summed E-state index contributed by atoms with van der Waals surface area (Å²) in [5, 5.41) is 14.5. The molecular weight excluding hydrogens is 158 g/mol. The van der Waals surface area contributed by atoms with Crippen LogP contribution in [0.3, 0.4) is 0 Å². The summed E-state index contributed by atoms with van der Waals surface area (Å²) < 4.78 is 0. The molecule has 2 nitrogen and oxygen atoms in total. The molecule has 0 amide bonds. The van der Waals surface area contributed by atoms with Crippen LogP contribution < -0.4 is 5.32 Å². The largest absolute Gasteiger partial charge is 0.388 e. The third kappa shape index (κ3) is 1.73. The third-order valence-electron chi connectivity index (χ3n) is 1.65. The van der Waals surface area contributed by atoms with Crippen LogP contribution in [-0.2, 0) is 0 Å². The Morgan fingerprint density at radius 2 is 2.45 bits per heavy atom. The molecule has 0 aliphatic carbocycles. The van der Waals surface area contributed by atoms with Gasteiger partial charge in [0.05, 0.1) is 16.7 Å². The molecule has 1 atom stereocenters. The lowest BCUT2D eigenvalue weighted by atomic mass is 10.2. The van der Waals surface area contributed by atoms with Crippen molar-refractivity contribution in [3.63, 3.8) is 0 Å². The van der Waals surface area contributed by atoms with Gasteiger partial charge in [0.1, 0.15) is 0 Å². The Kier molecular flexibility index (Phi) is 2.91. The van der Waals surface area contributed by atoms with Crippen LogP contribution in [0.1, 0.15) is 24.3 Å². The Balaban J connectivity index is 2.83. The maximum atomic E-state index is 9.50. The minimum atomic E-state index is -0.308. The number of rotatable bonds is 3. The van der Waals surface area contributed by atoms with E-state index in [1.807, 2.05) is 25.4 Å². The molecule has 0 saturated heterocycles. The van der Waals surface area contributed by atoms with Crippen molar-refractivity contribution in [2.24, 2.45) is 0 Å². The van der Waals surface area contributed by atoms with E-state index in [1.165, 1.54) is 0 Å². The molecule has 1 heterocycles. The van der Waals surface area contributed by atoms with Crippen molar-refractivity contribution >= 4 is 17.0 Å². The van der Waals surface area contributed by atoms with Crippen molar-refractivity contribution in [2.75, 3.05) is 12.4 Å². The van der Waals surface area contributed by atoms with Gasteiger partial charge in [-0.3, -0.25) is 0 Å². The molecular formula is C8H13NOS. The number of aliphatic hydroxyl groups is 1. The highest BCUT2D eigenvalue weighted by molar-refractivity contribution is 7.10. The first-order valence-electron chi connectivity index (χ1n) is 3.72. The first kappa shape index (κ1) is 8.56. The molecule has 0 radical (unpaired) electrons. The van der Waals surface area contributed by atoms with Gasteiger partial charge in [-0.15, -0.1) is 11.3 Å². The summed E-state index contributed by atoms with van der Waals surface area (Å²) in [4.78, 5) is 1.04. The van der Waals surface area contributed by atoms with Gasteiger partial charge in [-0.05, 0) is 17.9 Å². The topological polar surface area (TPSA) is 32.3 Å². The standard InChI is InChI=1S/C8H13NOS/c1-3-7(10)8-6(9-2)4-5-11-8/h4-5,7,9-10H,3H2,1-2H3. The lowest BCUT2D eigenvalue weighted by Crippen LogP contribution is -1.96. The molecule has 0 aliphatic rings. The molecule has 1 unspecified atom stereocenters. The average molecular weight is 171 g/mol. The number of nitrogens with one attached hydrogen (secondary N) is 1. The van der Waals surface area contributed by atoms with Crippen molar-refractivity contribution in [3.05, 3.63) is 16.3 Å². The summed E-state index contributed by atoms with van der Waals surface area (Å²) >= 11 is 1.59. The molecule has 0 bridgehead atoms. The van der Waals surface area contributed by atoms with Crippen LogP contribution in [0.2, 0.25) is 0 Å². The van der Waals surface area contributed by atoms with E-state index in [1.54, 1.807) is 11.3 Å². The Hall–Kier alpha value is -0.540. The summed E-state index contributed by atoms with van der Waals surface area (Å²) in [6, 6.07) is 1.98. The van der Waals surface area contributed by atoms with Gasteiger partial charge >= 0.3 is 0 Å². The van der Waals surface area contributed by atoms with Crippen molar-refractivity contribution < 1.29 is 5.11 Å². The molecule has 2 N–H and O–H groups in total. The SMILES string of the molecule is CCC(O)c1sccc1NC. The zero-order chi connectivity index (χ0) is 8.27. The van der Waals surface area contributed by atoms with Crippen LogP contribution in [0, 0.1) is 0 Å². The number of hydrogen-bond acceptors (Lipinski definition) is 3. The lowest BCUT2D eigenvalue weighted by molar-refractivity contribution is 0.178. The van der Waals surface area contributed by atoms with Crippen molar-refractivity contribution in [1.82, 2.24) is 0 Å². The molecule has 0 spiro atoms. The molecule has 1 rings (SSSR count). The van der Waals surface area contributed by atoms with Crippen LogP contribution in [0.5, 0.6) is 0 Å². The molecule has 1 aromatic rings. The molecule has 3 heteroatoms. The second-order valence-electron chi connectivity index (χ2n) is 2.37. The predicted molar refractivity (Wildman–Crippen MR) is 49.1 cm³/mol. The minimum absolute atomic E-state index is 0.308. The van der Waals surface area contributed by atoms with Gasteiger partial charge in [-0.2, -0.15) is 0 Å². The minimum Gasteiger partial charge on any atom is -0.388 e. The zero-order valence-corrected chi connectivity index (χ0v) is 7.61. The van der Waals surface area contributed by atoms with Gasteiger partial charge < -0.3 is 10.4 Å². The van der Waals surface area contributed by atoms with Gasteiger partial charge in [-0.1, -0.05) is 6.92 Å². The summed E-state index contributed by atoms with van der Waals surface area (Å²) in [7, 11) is 1.87. The average Bonchev–Trinajstić information content (AvgIpc) is 2.50. The van der Waals surface area contributed by atoms with E-state index in [-0.39, 0.29) is 6.10 Å². The second kappa shape index (κ2) is 3.74. The predicted octanol–water partition coefficient (Wildman–Crippen LogP) is 2.23. The van der Waals surface area contributed by atoms with Crippen LogP contribution >= 0.6 is 11.3 Å². The fourth-order valence-electron chi connectivity index (χ4n) is 0.971. The summed E-state index contributed by atoms with van der Waals surface area (Å²) in [5.74, 6) is 0. The summed E-state index contributed by atoms with van der Waals surface area (Å²) in [5.41, 5.74) is 1.05. The maximum absolute atomic E-state index is 9.50. The van der Waals surface area contributed by atoms with E-state index in [0.717, 1.165) is 17.0 Å². The van der Waals surface area contributed by atoms with Crippen LogP contribution in [0.4, 0.5) is 5.69 Å². The van der Waals surface area contributed by atoms with E-state index in [4.69, 9.17) is 0 Å². The highest BCUT2D eigenvalue weighted by atomic mass is 32.1. The smallest absolute Gasteiger partial charge is 0.0900 e. The first-order chi connectivity index (χ1) is 5.29. The van der Waals surface area contributed by atoms with E-state index in [0.29, 0.717) is 0 Å². The van der Waals surface area contributed by atoms with E-state index in [9.17, 15) is 5.11 Å². The summed E-state index contributed by atoms with van der Waals surface area (Å²) in [6.45, 7) is 1.98. The van der Waals surface area contributed by atoms with E-state index in [2.05, 4.69) is 5.32 Å². The van der Waals surface area contributed by atoms with Crippen LogP contribution in [0.15, 0.2) is 11.4 Å². The molecule has 0 fully saturated rings. The molecule has 0 saturated carbocycles. The fraction of sp³-hybridized carbons (Fsp3) is 0.500. The van der Waals surface area contributed by atoms with E-state index < -0.39 is 0 Å². The molecule has 1 aromatic heterocycles. The first-order valence-corrected chi connectivity index (χ1v) is 4.60. The van der Waals surface area contributed by atoms with Gasteiger partial charge in [0, 0.05) is 7.05 Å². The monoisotopic (exact) mass is 171 g/mol. The Bertz CT molecular complexity index is 222. The molecule has 0 aliphatic heterocycles. The Morgan fingerprint density at radius 1 is 1.73 bits per heavy atom. The fourth-order valence-corrected chi connectivity index (χ4v) is 1.94. The quantitative estimate of drug-likeness (QED) is 0.731. The molecule has 62 valence electrons. The third-order valence-corrected chi connectivity index (χ3v) is 2.67. The van der Waals surface area contributed by atoms with Gasteiger partial charge in [0.2, 0.25) is 0 Å². The van der Waals surface area contributed by atoms with Gasteiger partial charge in [0.15, 0.2) is 0 Å². The highest BCUT2D eigenvalue weighted by Crippen LogP contribution is 2.29. The number of anilines is 1. The van der Waals surface area contributed by atoms with Gasteiger partial charge in [0.25, 0.3) is 0 Å². The Labute approximate surface area is 70.9 Å². The van der Waals surface area contributed by atoms with Crippen molar-refractivity contribution in [1.29, 1.82) is 0 Å². The summed E-state index contributed by atoms with van der Waals surface area (Å²) in [6.07, 6.45) is 0.465. The highest BCUT2D eigenvalue weighted by Gasteiger charge is 2.10. The zero-order valence-electron chi connectivity index (χ0n) is 6.79. The molecule has 0 aromatic carbocycles. The van der Waals surface area contributed by atoms with Crippen molar-refractivity contribution in [2.45, 2.75) is 19.4 Å². The lowest BCUT2D eigenvalue weighted by Gasteiger charge is -2.07.